The number of pyridine rings is 1. The number of alkyl halides is 2. The molecule has 3 N–H and O–H groups in total. The molecule has 0 saturated heterocycles. The highest BCUT2D eigenvalue weighted by Crippen LogP contribution is 2.42. The van der Waals surface area contributed by atoms with Crippen LogP contribution in [0.1, 0.15) is 47.4 Å². The van der Waals surface area contributed by atoms with Crippen LogP contribution in [0.25, 0.3) is 0 Å². The number of hydrogen-bond acceptors (Lipinski definition) is 5. The van der Waals surface area contributed by atoms with Crippen LogP contribution in [0.5, 0.6) is 0 Å². The van der Waals surface area contributed by atoms with Crippen molar-refractivity contribution in [2.75, 3.05) is 5.32 Å². The van der Waals surface area contributed by atoms with Gasteiger partial charge in [-0.3, -0.25) is 9.79 Å². The van der Waals surface area contributed by atoms with Crippen molar-refractivity contribution in [1.82, 2.24) is 4.98 Å². The summed E-state index contributed by atoms with van der Waals surface area (Å²) in [5, 5.41) is 11.5. The molecule has 1 aromatic heterocycles. The van der Waals surface area contributed by atoms with E-state index in [4.69, 9.17) is 11.0 Å². The molecule has 0 saturated carbocycles. The predicted octanol–water partition coefficient (Wildman–Crippen LogP) is 3.70. The van der Waals surface area contributed by atoms with Gasteiger partial charge in [0.25, 0.3) is 5.91 Å². The zero-order valence-electron chi connectivity index (χ0n) is 16.6. The van der Waals surface area contributed by atoms with Crippen LogP contribution in [0.2, 0.25) is 0 Å². The third-order valence-corrected chi connectivity index (χ3v) is 5.25. The first-order chi connectivity index (χ1) is 14.0. The van der Waals surface area contributed by atoms with Crippen molar-refractivity contribution in [3.63, 3.8) is 0 Å². The molecule has 0 radical (unpaired) electrons. The van der Waals surface area contributed by atoms with Crippen LogP contribution in [0.15, 0.2) is 35.5 Å². The molecule has 1 amide bonds. The minimum absolute atomic E-state index is 0.0857. The molecule has 0 aliphatic carbocycles. The lowest BCUT2D eigenvalue weighted by molar-refractivity contribution is 0.102. The number of nitrogens with two attached hydrogens (primary N) is 1. The molecule has 0 bridgehead atoms. The summed E-state index contributed by atoms with van der Waals surface area (Å²) < 4.78 is 43.8. The highest BCUT2D eigenvalue weighted by Gasteiger charge is 2.49. The lowest BCUT2D eigenvalue weighted by Crippen LogP contribution is -2.51. The van der Waals surface area contributed by atoms with E-state index in [1.54, 1.807) is 6.92 Å². The summed E-state index contributed by atoms with van der Waals surface area (Å²) in [4.78, 5) is 20.5. The fourth-order valence-electron chi connectivity index (χ4n) is 3.36. The second kappa shape index (κ2) is 7.44. The van der Waals surface area contributed by atoms with E-state index < -0.39 is 41.4 Å². The van der Waals surface area contributed by atoms with Gasteiger partial charge < -0.3 is 11.1 Å². The number of nitrogens with zero attached hydrogens (tertiary/aromatic N) is 3. The van der Waals surface area contributed by atoms with Gasteiger partial charge in [0.05, 0.1) is 5.56 Å². The number of amides is 1. The number of benzene rings is 1. The topological polar surface area (TPSA) is 104 Å². The van der Waals surface area contributed by atoms with Crippen molar-refractivity contribution in [3.05, 3.63) is 58.7 Å². The monoisotopic (exact) mass is 415 g/mol. The van der Waals surface area contributed by atoms with Gasteiger partial charge in [0.1, 0.15) is 35.1 Å². The Morgan fingerprint density at radius 3 is 2.70 bits per heavy atom. The molecule has 3 rings (SSSR count). The van der Waals surface area contributed by atoms with E-state index >= 15 is 0 Å². The molecule has 1 aliphatic rings. The zero-order chi connectivity index (χ0) is 22.3. The van der Waals surface area contributed by atoms with Gasteiger partial charge in [0, 0.05) is 23.9 Å². The number of aromatic nitrogens is 1. The van der Waals surface area contributed by atoms with Gasteiger partial charge in [-0.2, -0.15) is 5.26 Å². The van der Waals surface area contributed by atoms with Crippen LogP contribution in [-0.2, 0) is 5.54 Å². The van der Waals surface area contributed by atoms with Crippen LogP contribution in [0.4, 0.5) is 18.9 Å². The summed E-state index contributed by atoms with van der Waals surface area (Å²) in [6.07, 6.45) is -1.13. The first kappa shape index (κ1) is 21.3. The smallest absolute Gasteiger partial charge is 0.274 e. The molecule has 3 atom stereocenters. The van der Waals surface area contributed by atoms with Crippen molar-refractivity contribution in [3.8, 4) is 6.07 Å². The van der Waals surface area contributed by atoms with E-state index in [2.05, 4.69) is 15.3 Å². The van der Waals surface area contributed by atoms with Crippen LogP contribution < -0.4 is 11.1 Å². The molecule has 6 nitrogen and oxygen atoms in total. The molecule has 0 fully saturated rings. The molecule has 0 spiro atoms. The molecule has 2 aromatic rings. The highest BCUT2D eigenvalue weighted by atomic mass is 19.2. The summed E-state index contributed by atoms with van der Waals surface area (Å²) in [6.45, 7) is 4.08. The lowest BCUT2D eigenvalue weighted by Gasteiger charge is -2.38. The van der Waals surface area contributed by atoms with E-state index in [-0.39, 0.29) is 16.9 Å². The van der Waals surface area contributed by atoms with Gasteiger partial charge in [-0.15, -0.1) is 0 Å². The van der Waals surface area contributed by atoms with Gasteiger partial charge in [-0.05, 0) is 50.6 Å². The summed E-state index contributed by atoms with van der Waals surface area (Å²) >= 11 is 0. The van der Waals surface area contributed by atoms with E-state index in [1.165, 1.54) is 31.3 Å². The molecule has 156 valence electrons. The van der Waals surface area contributed by atoms with Crippen molar-refractivity contribution in [2.24, 2.45) is 10.7 Å². The quantitative estimate of drug-likeness (QED) is 0.798. The SMILES string of the molecule is Cc1cc(C#N)cnc1C(=O)Nc1ccc(F)c([C@@]2(C)N=C(N)[C@@](C)(F)C[C@@H]2F)c1. The van der Waals surface area contributed by atoms with Crippen molar-refractivity contribution < 1.29 is 18.0 Å². The third kappa shape index (κ3) is 3.73. The zero-order valence-corrected chi connectivity index (χ0v) is 16.6. The minimum atomic E-state index is -2.12. The number of halogens is 3. The summed E-state index contributed by atoms with van der Waals surface area (Å²) in [6, 6.07) is 7.06. The van der Waals surface area contributed by atoms with E-state index in [1.807, 2.05) is 6.07 Å². The van der Waals surface area contributed by atoms with Crippen LogP contribution >= 0.6 is 0 Å². The maximum atomic E-state index is 14.9. The molecule has 9 heteroatoms. The van der Waals surface area contributed by atoms with Crippen LogP contribution in [0, 0.1) is 24.1 Å². The van der Waals surface area contributed by atoms with Gasteiger partial charge in [0.2, 0.25) is 0 Å². The van der Waals surface area contributed by atoms with Crippen molar-refractivity contribution in [1.29, 1.82) is 5.26 Å². The molecule has 1 aliphatic heterocycles. The first-order valence-corrected chi connectivity index (χ1v) is 9.15. The van der Waals surface area contributed by atoms with Crippen molar-refractivity contribution in [2.45, 2.75) is 44.6 Å². The predicted molar refractivity (Wildman–Crippen MR) is 106 cm³/mol. The second-order valence-electron chi connectivity index (χ2n) is 7.66. The Labute approximate surface area is 171 Å². The molecule has 0 unspecified atom stereocenters. The average Bonchev–Trinajstić information content (AvgIpc) is 2.67. The highest BCUT2D eigenvalue weighted by molar-refractivity contribution is 6.04. The number of rotatable bonds is 3. The number of carbonyl (C=O) groups is 1. The van der Waals surface area contributed by atoms with E-state index in [0.717, 1.165) is 13.0 Å². The van der Waals surface area contributed by atoms with Gasteiger partial charge in [-0.1, -0.05) is 0 Å². The number of aryl methyl sites for hydroxylation is 1. The Morgan fingerprint density at radius 1 is 1.37 bits per heavy atom. The first-order valence-electron chi connectivity index (χ1n) is 9.15. The number of aliphatic imine (C=N–C) groups is 1. The molecular weight excluding hydrogens is 395 g/mol. The van der Waals surface area contributed by atoms with Gasteiger partial charge in [-0.25, -0.2) is 18.2 Å². The number of hydrogen-bond donors (Lipinski definition) is 2. The van der Waals surface area contributed by atoms with Gasteiger partial charge in [0.15, 0.2) is 5.67 Å². The lowest BCUT2D eigenvalue weighted by atomic mass is 9.79. The summed E-state index contributed by atoms with van der Waals surface area (Å²) in [5.74, 6) is -1.76. The number of carbonyl (C=O) groups excluding carboxylic acids is 1. The maximum Gasteiger partial charge on any atom is 0.274 e. The minimum Gasteiger partial charge on any atom is -0.385 e. The van der Waals surface area contributed by atoms with Crippen molar-refractivity contribution >= 4 is 17.4 Å². The summed E-state index contributed by atoms with van der Waals surface area (Å²) in [7, 11) is 0. The average molecular weight is 415 g/mol. The third-order valence-electron chi connectivity index (χ3n) is 5.25. The molecular formula is C21H20F3N5O. The van der Waals surface area contributed by atoms with E-state index in [9.17, 15) is 18.0 Å². The molecule has 1 aromatic carbocycles. The van der Waals surface area contributed by atoms with E-state index in [0.29, 0.717) is 11.1 Å². The van der Waals surface area contributed by atoms with Crippen LogP contribution in [0.3, 0.4) is 0 Å². The van der Waals surface area contributed by atoms with Gasteiger partial charge >= 0.3 is 0 Å². The normalized spacial score (nSPS) is 25.9. The second-order valence-corrected chi connectivity index (χ2v) is 7.66. The Bertz CT molecular complexity index is 1090. The molecule has 30 heavy (non-hydrogen) atoms. The Hall–Kier alpha value is -3.41. The largest absolute Gasteiger partial charge is 0.385 e. The fraction of sp³-hybridized carbons (Fsp3) is 0.333. The standard InChI is InChI=1S/C21H20F3N5O/c1-11-6-12(9-25)10-27-17(11)18(30)28-13-4-5-15(22)14(7-13)21(3)16(23)8-20(2,24)19(26)29-21/h4-7,10,16H,8H2,1-3H3,(H2,26,29)(H,28,30)/t16-,20-,21+/m0/s1. The Balaban J connectivity index is 1.96. The maximum absolute atomic E-state index is 14.9. The summed E-state index contributed by atoms with van der Waals surface area (Å²) in [5.41, 5.74) is 2.68. The number of nitriles is 1. The number of anilines is 1. The molecule has 2 heterocycles. The number of nitrogens with one attached hydrogen (secondary N) is 1. The Morgan fingerprint density at radius 2 is 2.07 bits per heavy atom. The Kier molecular flexibility index (Phi) is 5.29. The van der Waals surface area contributed by atoms with Crippen LogP contribution in [-0.4, -0.2) is 28.6 Å². The fourth-order valence-corrected chi connectivity index (χ4v) is 3.36. The number of amidine groups is 1.